The lowest BCUT2D eigenvalue weighted by atomic mass is 9.95. The maximum atomic E-state index is 13.5. The summed E-state index contributed by atoms with van der Waals surface area (Å²) < 4.78 is 73.3. The fourth-order valence-corrected chi connectivity index (χ4v) is 4.98. The van der Waals surface area contributed by atoms with Gasteiger partial charge >= 0.3 is 6.18 Å². The van der Waals surface area contributed by atoms with E-state index >= 15 is 0 Å². The smallest absolute Gasteiger partial charge is 0.416 e. The van der Waals surface area contributed by atoms with Gasteiger partial charge in [0, 0.05) is 16.6 Å². The molecule has 1 aliphatic rings. The summed E-state index contributed by atoms with van der Waals surface area (Å²) in [6.07, 6.45) is -2.66. The number of ether oxygens (including phenoxy) is 1. The van der Waals surface area contributed by atoms with Gasteiger partial charge in [-0.05, 0) is 85.5 Å². The van der Waals surface area contributed by atoms with E-state index in [1.807, 2.05) is 0 Å². The summed E-state index contributed by atoms with van der Waals surface area (Å²) in [5, 5.41) is 0.568. The molecular weight excluding hydrogens is 543 g/mol. The average molecular weight is 568 g/mol. The largest absolute Gasteiger partial charge is 0.457 e. The molecule has 6 nitrogen and oxygen atoms in total. The lowest BCUT2D eigenvalue weighted by molar-refractivity contribution is -0.137. The second-order valence-corrected chi connectivity index (χ2v) is 11.1. The van der Waals surface area contributed by atoms with E-state index in [4.69, 9.17) is 20.5 Å². The van der Waals surface area contributed by atoms with Gasteiger partial charge in [-0.15, -0.1) is 0 Å². The molecule has 0 spiro atoms. The molecule has 0 aliphatic carbocycles. The summed E-state index contributed by atoms with van der Waals surface area (Å²) >= 11 is 5.90. The highest BCUT2D eigenvalue weighted by atomic mass is 35.5. The van der Waals surface area contributed by atoms with E-state index in [2.05, 4.69) is 0 Å². The molecule has 1 aliphatic heterocycles. The van der Waals surface area contributed by atoms with Gasteiger partial charge in [-0.2, -0.15) is 21.6 Å². The van der Waals surface area contributed by atoms with Gasteiger partial charge in [-0.25, -0.2) is 0 Å². The van der Waals surface area contributed by atoms with Crippen molar-refractivity contribution in [3.8, 4) is 11.5 Å². The highest BCUT2D eigenvalue weighted by Crippen LogP contribution is 2.43. The molecule has 4 rings (SSSR count). The van der Waals surface area contributed by atoms with Crippen LogP contribution in [-0.4, -0.2) is 27.2 Å². The SMILES string of the molecule is CS(=O)(=O)OCCCC1CC(c2cccc(C(F)(F)F)c2)N(c2ccc(Oc3ccc(Cl)cc3)cc2)C1=O. The standard InChI is InChI=1S/C27H25ClF3NO5S/c1-38(34,35)36-15-3-5-19-17-25(18-4-2-6-20(16-18)27(29,30)31)32(26(19)33)22-9-13-24(14-10-22)37-23-11-7-21(28)8-12-23/h2,4,6-14,16,19,25H,3,5,15,17H2,1H3. The predicted octanol–water partition coefficient (Wildman–Crippen LogP) is 7.00. The Labute approximate surface area is 224 Å². The summed E-state index contributed by atoms with van der Waals surface area (Å²) in [4.78, 5) is 15.0. The van der Waals surface area contributed by atoms with Gasteiger partial charge in [0.25, 0.3) is 10.1 Å². The topological polar surface area (TPSA) is 72.9 Å². The van der Waals surface area contributed by atoms with Crippen molar-refractivity contribution in [3.63, 3.8) is 0 Å². The van der Waals surface area contributed by atoms with E-state index in [1.54, 1.807) is 54.6 Å². The first-order valence-corrected chi connectivity index (χ1v) is 14.0. The number of benzene rings is 3. The van der Waals surface area contributed by atoms with E-state index in [0.717, 1.165) is 18.4 Å². The third-order valence-corrected chi connectivity index (χ3v) is 7.01. The molecular formula is C27H25ClF3NO5S. The van der Waals surface area contributed by atoms with Crippen molar-refractivity contribution in [3.05, 3.63) is 88.9 Å². The fraction of sp³-hybridized carbons (Fsp3) is 0.296. The van der Waals surface area contributed by atoms with Crippen molar-refractivity contribution >= 4 is 33.3 Å². The van der Waals surface area contributed by atoms with Crippen LogP contribution in [0.4, 0.5) is 18.9 Å². The number of carbonyl (C=O) groups excluding carboxylic acids is 1. The van der Waals surface area contributed by atoms with Gasteiger partial charge in [-0.1, -0.05) is 23.7 Å². The summed E-state index contributed by atoms with van der Waals surface area (Å²) in [7, 11) is -3.61. The van der Waals surface area contributed by atoms with Crippen LogP contribution in [0.15, 0.2) is 72.8 Å². The van der Waals surface area contributed by atoms with Gasteiger partial charge in [0.2, 0.25) is 5.91 Å². The third kappa shape index (κ3) is 7.06. The van der Waals surface area contributed by atoms with Crippen LogP contribution in [-0.2, 0) is 25.3 Å². The first kappa shape index (κ1) is 27.9. The molecule has 1 heterocycles. The molecule has 1 saturated heterocycles. The van der Waals surface area contributed by atoms with Crippen molar-refractivity contribution in [2.45, 2.75) is 31.5 Å². The number of hydrogen-bond donors (Lipinski definition) is 0. The molecule has 2 atom stereocenters. The number of halogens is 4. The monoisotopic (exact) mass is 567 g/mol. The number of alkyl halides is 3. The first-order valence-electron chi connectivity index (χ1n) is 11.8. The van der Waals surface area contributed by atoms with Crippen LogP contribution in [0, 0.1) is 5.92 Å². The minimum Gasteiger partial charge on any atom is -0.457 e. The highest BCUT2D eigenvalue weighted by molar-refractivity contribution is 7.85. The number of amides is 1. The van der Waals surface area contributed by atoms with Crippen molar-refractivity contribution in [2.24, 2.45) is 5.92 Å². The predicted molar refractivity (Wildman–Crippen MR) is 138 cm³/mol. The molecule has 0 aromatic heterocycles. The van der Waals surface area contributed by atoms with Gasteiger partial charge in [-0.3, -0.25) is 8.98 Å². The molecule has 0 radical (unpaired) electrons. The Bertz CT molecular complexity index is 1380. The molecule has 0 saturated carbocycles. The van der Waals surface area contributed by atoms with Crippen LogP contribution >= 0.6 is 11.6 Å². The molecule has 1 fully saturated rings. The Hall–Kier alpha value is -3.08. The zero-order chi connectivity index (χ0) is 27.5. The quantitative estimate of drug-likeness (QED) is 0.206. The average Bonchev–Trinajstić information content (AvgIpc) is 3.19. The van der Waals surface area contributed by atoms with Crippen LogP contribution in [0.25, 0.3) is 0 Å². The third-order valence-electron chi connectivity index (χ3n) is 6.16. The minimum absolute atomic E-state index is 0.0758. The molecule has 1 amide bonds. The van der Waals surface area contributed by atoms with Gasteiger partial charge < -0.3 is 9.64 Å². The van der Waals surface area contributed by atoms with E-state index in [-0.39, 0.29) is 18.9 Å². The van der Waals surface area contributed by atoms with Crippen molar-refractivity contribution in [1.29, 1.82) is 0 Å². The minimum atomic E-state index is -4.52. The van der Waals surface area contributed by atoms with Crippen LogP contribution in [0.5, 0.6) is 11.5 Å². The second kappa shape index (κ2) is 11.3. The summed E-state index contributed by atoms with van der Waals surface area (Å²) in [5.41, 5.74) is 0.0828. The Morgan fingerprint density at radius 3 is 2.24 bits per heavy atom. The number of hydrogen-bond acceptors (Lipinski definition) is 5. The maximum absolute atomic E-state index is 13.5. The Morgan fingerprint density at radius 1 is 1.00 bits per heavy atom. The maximum Gasteiger partial charge on any atom is 0.416 e. The van der Waals surface area contributed by atoms with E-state index in [9.17, 15) is 26.4 Å². The number of nitrogens with zero attached hydrogens (tertiary/aromatic N) is 1. The number of anilines is 1. The molecule has 3 aromatic carbocycles. The van der Waals surface area contributed by atoms with Gasteiger partial charge in [0.1, 0.15) is 11.5 Å². The summed E-state index contributed by atoms with van der Waals surface area (Å²) in [6.45, 7) is -0.0758. The van der Waals surface area contributed by atoms with E-state index in [1.165, 1.54) is 11.0 Å². The molecule has 0 N–H and O–H groups in total. The van der Waals surface area contributed by atoms with E-state index < -0.39 is 33.8 Å². The molecule has 2 unspecified atom stereocenters. The number of carbonyl (C=O) groups is 1. The number of rotatable bonds is 9. The molecule has 3 aromatic rings. The van der Waals surface area contributed by atoms with Crippen LogP contribution in [0.1, 0.15) is 36.4 Å². The van der Waals surface area contributed by atoms with Crippen molar-refractivity contribution in [1.82, 2.24) is 0 Å². The van der Waals surface area contributed by atoms with Gasteiger partial charge in [0.05, 0.1) is 24.5 Å². The molecule has 0 bridgehead atoms. The summed E-state index contributed by atoms with van der Waals surface area (Å²) in [6, 6.07) is 17.8. The van der Waals surface area contributed by atoms with Crippen LogP contribution in [0.3, 0.4) is 0 Å². The first-order chi connectivity index (χ1) is 17.9. The van der Waals surface area contributed by atoms with Crippen molar-refractivity contribution < 1.29 is 35.3 Å². The lowest BCUT2D eigenvalue weighted by Gasteiger charge is -2.26. The zero-order valence-corrected chi connectivity index (χ0v) is 21.9. The highest BCUT2D eigenvalue weighted by Gasteiger charge is 2.41. The van der Waals surface area contributed by atoms with E-state index in [0.29, 0.717) is 40.6 Å². The van der Waals surface area contributed by atoms with Gasteiger partial charge in [0.15, 0.2) is 0 Å². The van der Waals surface area contributed by atoms with Crippen LogP contribution in [0.2, 0.25) is 5.02 Å². The Balaban J connectivity index is 1.58. The Morgan fingerprint density at radius 2 is 1.63 bits per heavy atom. The zero-order valence-electron chi connectivity index (χ0n) is 20.3. The normalized spacial score (nSPS) is 18.1. The molecule has 38 heavy (non-hydrogen) atoms. The van der Waals surface area contributed by atoms with Crippen molar-refractivity contribution in [2.75, 3.05) is 17.8 Å². The molecule has 11 heteroatoms. The molecule has 202 valence electrons. The Kier molecular flexibility index (Phi) is 8.34. The lowest BCUT2D eigenvalue weighted by Crippen LogP contribution is -2.29. The second-order valence-electron chi connectivity index (χ2n) is 9.00. The fourth-order valence-electron chi connectivity index (χ4n) is 4.44. The van der Waals surface area contributed by atoms with Crippen LogP contribution < -0.4 is 9.64 Å². The summed E-state index contributed by atoms with van der Waals surface area (Å²) in [5.74, 6) is 0.311.